The number of benzene rings is 1. The number of halogens is 8. The number of aryl methyl sites for hydroxylation is 1. The maximum absolute atomic E-state index is 13.0. The molecular weight excluding hydrogens is 627 g/mol. The normalized spacial score (nSPS) is 21.4. The van der Waals surface area contributed by atoms with Crippen molar-refractivity contribution in [3.8, 4) is 5.75 Å². The molecule has 1 aromatic heterocycles. The second-order valence-corrected chi connectivity index (χ2v) is 13.1. The van der Waals surface area contributed by atoms with Gasteiger partial charge in [0, 0.05) is 46.8 Å². The van der Waals surface area contributed by atoms with Gasteiger partial charge in [-0.25, -0.2) is 0 Å². The molecule has 0 radical (unpaired) electrons. The first-order valence-corrected chi connectivity index (χ1v) is 14.6. The fraction of sp³-hybridized carbons (Fsp3) is 0.500. The van der Waals surface area contributed by atoms with E-state index in [2.05, 4.69) is 14.6 Å². The van der Waals surface area contributed by atoms with E-state index in [1.54, 1.807) is 0 Å². The van der Waals surface area contributed by atoms with E-state index in [9.17, 15) is 48.0 Å². The topological polar surface area (TPSA) is 124 Å². The summed E-state index contributed by atoms with van der Waals surface area (Å²) in [6.45, 7) is 0.274. The van der Waals surface area contributed by atoms with E-state index in [-0.39, 0.29) is 63.2 Å². The van der Waals surface area contributed by atoms with E-state index < -0.39 is 60.6 Å². The van der Waals surface area contributed by atoms with Crippen molar-refractivity contribution in [2.75, 3.05) is 6.54 Å². The van der Waals surface area contributed by atoms with E-state index in [0.717, 1.165) is 18.3 Å². The minimum absolute atomic E-state index is 0.0472. The maximum atomic E-state index is 13.0. The summed E-state index contributed by atoms with van der Waals surface area (Å²) in [5.74, 6) is -3.40. The second kappa shape index (κ2) is 9.99. The zero-order chi connectivity index (χ0) is 29.1. The van der Waals surface area contributed by atoms with Crippen LogP contribution in [0, 0.1) is 11.8 Å². The fourth-order valence-electron chi connectivity index (χ4n) is 4.85. The molecule has 1 saturated heterocycles. The van der Waals surface area contributed by atoms with Crippen molar-refractivity contribution in [2.45, 2.75) is 42.6 Å². The molecule has 0 spiro atoms. The highest BCUT2D eigenvalue weighted by Gasteiger charge is 2.50. The van der Waals surface area contributed by atoms with Crippen molar-refractivity contribution in [3.63, 3.8) is 0 Å². The third-order valence-electron chi connectivity index (χ3n) is 6.54. The number of carbonyl (C=O) groups is 1. The minimum atomic E-state index is -6.04. The monoisotopic (exact) mass is 643 g/mol. The fourth-order valence-corrected chi connectivity index (χ4v) is 6.70. The Morgan fingerprint density at radius 1 is 1.03 bits per heavy atom. The number of hydrogen-bond donors (Lipinski definition) is 1. The van der Waals surface area contributed by atoms with Crippen LogP contribution < -0.4 is 9.50 Å². The Labute approximate surface area is 227 Å². The molecule has 2 aliphatic rings. The summed E-state index contributed by atoms with van der Waals surface area (Å²) in [5.41, 5.74) is -10.9. The van der Waals surface area contributed by atoms with Gasteiger partial charge in [0.15, 0.2) is 0 Å². The molecule has 2 aromatic rings. The molecule has 19 heteroatoms. The van der Waals surface area contributed by atoms with E-state index in [4.69, 9.17) is 23.2 Å². The molecule has 1 amide bonds. The van der Waals surface area contributed by atoms with Crippen molar-refractivity contribution in [2.24, 2.45) is 11.8 Å². The molecule has 1 N–H and O–H groups in total. The van der Waals surface area contributed by atoms with Gasteiger partial charge in [-0.2, -0.15) is 52.4 Å². The van der Waals surface area contributed by atoms with Gasteiger partial charge in [-0.1, -0.05) is 23.2 Å². The Bertz CT molecular complexity index is 1500. The van der Waals surface area contributed by atoms with Crippen molar-refractivity contribution in [3.05, 3.63) is 45.2 Å². The summed E-state index contributed by atoms with van der Waals surface area (Å²) < 4.78 is 128. The SMILES string of the molecule is O=C1NCCC1[C@H](c1c(Cl)cc(OS(=O)(=O)C(F)(F)F)cc1Cl)C1CCc2cn(S(=O)(=O)C(F)(F)F)nc2C1. The number of aromatic nitrogens is 2. The van der Waals surface area contributed by atoms with Gasteiger partial charge in [0.25, 0.3) is 0 Å². The molecule has 0 bridgehead atoms. The highest BCUT2D eigenvalue weighted by atomic mass is 35.5. The molecule has 216 valence electrons. The average Bonchev–Trinajstić information content (AvgIpc) is 3.40. The minimum Gasteiger partial charge on any atom is -0.376 e. The Morgan fingerprint density at radius 2 is 1.64 bits per heavy atom. The summed E-state index contributed by atoms with van der Waals surface area (Å²) >= 11 is 12.7. The van der Waals surface area contributed by atoms with Crippen LogP contribution in [-0.4, -0.2) is 49.5 Å². The largest absolute Gasteiger partial charge is 0.534 e. The lowest BCUT2D eigenvalue weighted by Crippen LogP contribution is -2.32. The smallest absolute Gasteiger partial charge is 0.376 e. The molecule has 1 fully saturated rings. The molecule has 1 aliphatic carbocycles. The summed E-state index contributed by atoms with van der Waals surface area (Å²) in [6.07, 6.45) is 1.33. The lowest BCUT2D eigenvalue weighted by Gasteiger charge is -2.34. The van der Waals surface area contributed by atoms with Crippen LogP contribution in [0.4, 0.5) is 26.3 Å². The Morgan fingerprint density at radius 3 is 2.15 bits per heavy atom. The van der Waals surface area contributed by atoms with E-state index >= 15 is 0 Å². The van der Waals surface area contributed by atoms with Crippen LogP contribution in [0.2, 0.25) is 10.0 Å². The van der Waals surface area contributed by atoms with Crippen LogP contribution in [0.5, 0.6) is 5.75 Å². The molecule has 2 heterocycles. The van der Waals surface area contributed by atoms with Crippen molar-refractivity contribution < 1.29 is 52.2 Å². The third kappa shape index (κ3) is 5.54. The highest BCUT2D eigenvalue weighted by molar-refractivity contribution is 7.90. The third-order valence-corrected chi connectivity index (χ3v) is 9.41. The number of nitrogens with zero attached hydrogens (tertiary/aromatic N) is 2. The lowest BCUT2D eigenvalue weighted by atomic mass is 9.70. The van der Waals surface area contributed by atoms with Crippen LogP contribution in [0.3, 0.4) is 0 Å². The van der Waals surface area contributed by atoms with Crippen LogP contribution >= 0.6 is 23.2 Å². The zero-order valence-corrected chi connectivity index (χ0v) is 22.3. The molecule has 2 unspecified atom stereocenters. The number of hydrogen-bond acceptors (Lipinski definition) is 7. The van der Waals surface area contributed by atoms with E-state index in [1.807, 2.05) is 0 Å². The van der Waals surface area contributed by atoms with Crippen molar-refractivity contribution in [1.29, 1.82) is 0 Å². The summed E-state index contributed by atoms with van der Waals surface area (Å²) in [7, 11) is -11.8. The Balaban J connectivity index is 1.73. The number of fused-ring (bicyclic) bond motifs is 1. The molecule has 1 aromatic carbocycles. The van der Waals surface area contributed by atoms with E-state index in [0.29, 0.717) is 0 Å². The van der Waals surface area contributed by atoms with Gasteiger partial charge < -0.3 is 9.50 Å². The predicted octanol–water partition coefficient (Wildman–Crippen LogP) is 4.14. The second-order valence-electron chi connectivity index (χ2n) is 8.92. The summed E-state index contributed by atoms with van der Waals surface area (Å²) in [4.78, 5) is 12.7. The number of nitrogens with one attached hydrogen (secondary N) is 1. The first kappa shape index (κ1) is 29.7. The van der Waals surface area contributed by atoms with E-state index in [1.165, 1.54) is 0 Å². The first-order valence-electron chi connectivity index (χ1n) is 11.0. The van der Waals surface area contributed by atoms with Gasteiger partial charge in [0.1, 0.15) is 5.75 Å². The van der Waals surface area contributed by atoms with Gasteiger partial charge in [0.2, 0.25) is 5.91 Å². The summed E-state index contributed by atoms with van der Waals surface area (Å²) in [6, 6.07) is 1.59. The molecule has 4 rings (SSSR count). The highest BCUT2D eigenvalue weighted by Crippen LogP contribution is 2.48. The number of rotatable bonds is 6. The maximum Gasteiger partial charge on any atom is 0.534 e. The van der Waals surface area contributed by atoms with Crippen LogP contribution in [0.1, 0.15) is 35.6 Å². The quantitative estimate of drug-likeness (QED) is 0.285. The molecule has 1 aliphatic heterocycles. The number of amides is 1. The molecule has 9 nitrogen and oxygen atoms in total. The Kier molecular flexibility index (Phi) is 7.62. The van der Waals surface area contributed by atoms with Crippen LogP contribution in [0.25, 0.3) is 0 Å². The lowest BCUT2D eigenvalue weighted by molar-refractivity contribution is -0.123. The predicted molar refractivity (Wildman–Crippen MR) is 124 cm³/mol. The van der Waals surface area contributed by atoms with Gasteiger partial charge in [-0.3, -0.25) is 4.79 Å². The van der Waals surface area contributed by atoms with Gasteiger partial charge in [-0.15, -0.1) is 0 Å². The molecule has 39 heavy (non-hydrogen) atoms. The van der Waals surface area contributed by atoms with Crippen molar-refractivity contribution in [1.82, 2.24) is 14.5 Å². The molecular formula is C20H17Cl2F6N3O6S2. The average molecular weight is 644 g/mol. The standard InChI is InChI=1S/C20H17Cl2F6N3O6S2/c21-13-6-11(37-39(35,36)20(26,27)28)7-14(22)17(13)16(12-3-4-29-18(12)32)9-1-2-10-8-31(30-15(10)5-9)38(33,34)19(23,24)25/h6-9,12,16H,1-5H2,(H,29,32)/t9?,12?,16-/m1/s1. The number of alkyl halides is 6. The Hall–Kier alpha value is -2.24. The van der Waals surface area contributed by atoms with Crippen molar-refractivity contribution >= 4 is 49.3 Å². The van der Waals surface area contributed by atoms with Crippen LogP contribution in [0.15, 0.2) is 18.3 Å². The molecule has 0 saturated carbocycles. The zero-order valence-electron chi connectivity index (χ0n) is 19.2. The number of carbonyl (C=O) groups excluding carboxylic acids is 1. The van der Waals surface area contributed by atoms with Gasteiger partial charge in [0.05, 0.1) is 5.69 Å². The molecule has 3 atom stereocenters. The van der Waals surface area contributed by atoms with Crippen LogP contribution in [-0.2, 0) is 37.8 Å². The summed E-state index contributed by atoms with van der Waals surface area (Å²) in [5, 5.41) is 5.65. The first-order chi connectivity index (χ1) is 17.8. The van der Waals surface area contributed by atoms with Gasteiger partial charge in [-0.05, 0) is 42.7 Å². The van der Waals surface area contributed by atoms with Gasteiger partial charge >= 0.3 is 31.2 Å².